The van der Waals surface area contributed by atoms with Crippen molar-refractivity contribution in [2.24, 2.45) is 5.92 Å². The zero-order valence-corrected chi connectivity index (χ0v) is 19.8. The van der Waals surface area contributed by atoms with E-state index in [2.05, 4.69) is 4.57 Å². The Bertz CT molecular complexity index is 1360. The molecule has 3 aromatic carbocycles. The van der Waals surface area contributed by atoms with Crippen LogP contribution in [0.15, 0.2) is 60.7 Å². The quantitative estimate of drug-likeness (QED) is 0.277. The highest BCUT2D eigenvalue weighted by Crippen LogP contribution is 2.39. The van der Waals surface area contributed by atoms with Crippen molar-refractivity contribution in [1.29, 1.82) is 5.26 Å². The first-order valence-electron chi connectivity index (χ1n) is 11.8. The fourth-order valence-electron chi connectivity index (χ4n) is 5.05. The van der Waals surface area contributed by atoms with E-state index in [-0.39, 0.29) is 24.1 Å². The number of nitriles is 1. The minimum Gasteiger partial charge on any atom is -0.485 e. The van der Waals surface area contributed by atoms with Gasteiger partial charge in [-0.15, -0.1) is 0 Å². The van der Waals surface area contributed by atoms with Gasteiger partial charge in [-0.2, -0.15) is 5.26 Å². The molecule has 4 nitrogen and oxygen atoms in total. The molecule has 1 heterocycles. The van der Waals surface area contributed by atoms with Gasteiger partial charge < -0.3 is 9.30 Å². The summed E-state index contributed by atoms with van der Waals surface area (Å²) in [5.74, 6) is -1.18. The van der Waals surface area contributed by atoms with E-state index in [9.17, 15) is 8.78 Å². The molecular formula is C28H24ClF2N3O. The number of hydrogen-bond donors (Lipinski definition) is 0. The number of halogens is 3. The molecule has 0 N–H and O–H groups in total. The van der Waals surface area contributed by atoms with Crippen LogP contribution in [0.5, 0.6) is 5.75 Å². The minimum absolute atomic E-state index is 0.0748. The molecule has 7 heteroatoms. The summed E-state index contributed by atoms with van der Waals surface area (Å²) in [6.45, 7) is 0.0748. The Hall–Kier alpha value is -3.43. The molecular weight excluding hydrogens is 468 g/mol. The summed E-state index contributed by atoms with van der Waals surface area (Å²) in [4.78, 5) is 4.92. The molecule has 4 aromatic rings. The molecule has 1 fully saturated rings. The highest BCUT2D eigenvalue weighted by Gasteiger charge is 2.30. The zero-order chi connectivity index (χ0) is 24.4. The average Bonchev–Trinajstić information content (AvgIpc) is 3.26. The molecule has 0 aliphatic heterocycles. The molecule has 1 unspecified atom stereocenters. The van der Waals surface area contributed by atoms with Crippen LogP contribution in [-0.4, -0.2) is 16.2 Å². The third-order valence-electron chi connectivity index (χ3n) is 6.75. The molecule has 5 rings (SSSR count). The van der Waals surface area contributed by atoms with Crippen molar-refractivity contribution in [3.63, 3.8) is 0 Å². The Morgan fingerprint density at radius 1 is 1.03 bits per heavy atom. The van der Waals surface area contributed by atoms with E-state index in [1.54, 1.807) is 6.07 Å². The van der Waals surface area contributed by atoms with E-state index in [4.69, 9.17) is 26.6 Å². The van der Waals surface area contributed by atoms with Gasteiger partial charge in [0.05, 0.1) is 28.7 Å². The molecule has 1 saturated carbocycles. The maximum absolute atomic E-state index is 14.6. The second-order valence-corrected chi connectivity index (χ2v) is 9.39. The van der Waals surface area contributed by atoms with Gasteiger partial charge >= 0.3 is 0 Å². The van der Waals surface area contributed by atoms with Gasteiger partial charge in [0.15, 0.2) is 17.4 Å². The Labute approximate surface area is 207 Å². The maximum atomic E-state index is 14.6. The summed E-state index contributed by atoms with van der Waals surface area (Å²) >= 11 is 6.13. The SMILES string of the molecule is N#Cc1cc(F)c(OCC(C2CCCCC2)n2c(-c3ccc(Cl)cc3)nc3ccccc32)c(F)c1. The number of ether oxygens (including phenoxy) is 1. The number of para-hydroxylation sites is 2. The van der Waals surface area contributed by atoms with Crippen LogP contribution in [0.2, 0.25) is 5.02 Å². The number of imidazole rings is 1. The fourth-order valence-corrected chi connectivity index (χ4v) is 5.18. The summed E-state index contributed by atoms with van der Waals surface area (Å²) < 4.78 is 37.2. The fraction of sp³-hybridized carbons (Fsp3) is 0.286. The molecule has 1 aliphatic carbocycles. The first kappa shape index (κ1) is 23.3. The first-order valence-corrected chi connectivity index (χ1v) is 12.2. The van der Waals surface area contributed by atoms with Crippen LogP contribution >= 0.6 is 11.6 Å². The van der Waals surface area contributed by atoms with Crippen LogP contribution in [-0.2, 0) is 0 Å². The number of fused-ring (bicyclic) bond motifs is 1. The topological polar surface area (TPSA) is 50.8 Å². The van der Waals surface area contributed by atoms with E-state index in [0.29, 0.717) is 5.02 Å². The summed E-state index contributed by atoms with van der Waals surface area (Å²) in [5.41, 5.74) is 2.61. The summed E-state index contributed by atoms with van der Waals surface area (Å²) in [5, 5.41) is 9.64. The van der Waals surface area contributed by atoms with E-state index in [1.807, 2.05) is 48.5 Å². The molecule has 1 aromatic heterocycles. The number of aromatic nitrogens is 2. The standard InChI is InChI=1S/C28H24ClF2N3O/c29-21-12-10-20(11-13-21)28-33-24-8-4-5-9-25(24)34(28)26(19-6-2-1-3-7-19)17-35-27-22(30)14-18(16-32)15-23(27)31/h4-5,8-15,19,26H,1-3,6-7,17H2. The van der Waals surface area contributed by atoms with Crippen molar-refractivity contribution in [3.8, 4) is 23.2 Å². The third-order valence-corrected chi connectivity index (χ3v) is 7.00. The second kappa shape index (κ2) is 10.1. The maximum Gasteiger partial charge on any atom is 0.190 e. The predicted molar refractivity (Wildman–Crippen MR) is 132 cm³/mol. The van der Waals surface area contributed by atoms with Gasteiger partial charge in [0.1, 0.15) is 12.4 Å². The number of nitrogens with zero attached hydrogens (tertiary/aromatic N) is 3. The van der Waals surface area contributed by atoms with E-state index in [0.717, 1.165) is 60.2 Å². The lowest BCUT2D eigenvalue weighted by atomic mass is 9.83. The summed E-state index contributed by atoms with van der Waals surface area (Å²) in [7, 11) is 0. The normalized spacial score (nSPS) is 15.1. The van der Waals surface area contributed by atoms with Crippen molar-refractivity contribution >= 4 is 22.6 Å². The molecule has 0 saturated heterocycles. The van der Waals surface area contributed by atoms with Gasteiger partial charge in [-0.05, 0) is 67.3 Å². The van der Waals surface area contributed by atoms with Gasteiger partial charge in [-0.3, -0.25) is 0 Å². The first-order chi connectivity index (χ1) is 17.0. The number of hydrogen-bond acceptors (Lipinski definition) is 3. The Balaban J connectivity index is 1.60. The Morgan fingerprint density at radius 3 is 2.40 bits per heavy atom. The van der Waals surface area contributed by atoms with Crippen LogP contribution in [0.25, 0.3) is 22.4 Å². The average molecular weight is 492 g/mol. The van der Waals surface area contributed by atoms with Crippen LogP contribution in [0, 0.1) is 28.9 Å². The monoisotopic (exact) mass is 491 g/mol. The molecule has 0 radical (unpaired) electrons. The smallest absolute Gasteiger partial charge is 0.190 e. The largest absolute Gasteiger partial charge is 0.485 e. The van der Waals surface area contributed by atoms with Gasteiger partial charge in [0.2, 0.25) is 0 Å². The molecule has 1 aliphatic rings. The van der Waals surface area contributed by atoms with Gasteiger partial charge in [-0.25, -0.2) is 13.8 Å². The van der Waals surface area contributed by atoms with Crippen molar-refractivity contribution in [3.05, 3.63) is 82.9 Å². The summed E-state index contributed by atoms with van der Waals surface area (Å²) in [6, 6.07) is 19.0. The minimum atomic E-state index is -0.877. The van der Waals surface area contributed by atoms with Crippen LogP contribution in [0.4, 0.5) is 8.78 Å². The lowest BCUT2D eigenvalue weighted by Crippen LogP contribution is -2.28. The van der Waals surface area contributed by atoms with Crippen LogP contribution in [0.1, 0.15) is 43.7 Å². The van der Waals surface area contributed by atoms with Crippen LogP contribution < -0.4 is 4.74 Å². The van der Waals surface area contributed by atoms with E-state index >= 15 is 0 Å². The van der Waals surface area contributed by atoms with E-state index < -0.39 is 17.4 Å². The molecule has 0 spiro atoms. The van der Waals surface area contributed by atoms with Gasteiger partial charge in [0.25, 0.3) is 0 Å². The highest BCUT2D eigenvalue weighted by molar-refractivity contribution is 6.30. The molecule has 0 bridgehead atoms. The number of benzene rings is 3. The number of rotatable bonds is 6. The third kappa shape index (κ3) is 4.74. The Kier molecular flexibility index (Phi) is 6.70. The van der Waals surface area contributed by atoms with Gasteiger partial charge in [0, 0.05) is 10.6 Å². The molecule has 0 amide bonds. The van der Waals surface area contributed by atoms with Crippen LogP contribution in [0.3, 0.4) is 0 Å². The zero-order valence-electron chi connectivity index (χ0n) is 19.1. The molecule has 178 valence electrons. The highest BCUT2D eigenvalue weighted by atomic mass is 35.5. The van der Waals surface area contributed by atoms with Crippen molar-refractivity contribution in [2.45, 2.75) is 38.1 Å². The van der Waals surface area contributed by atoms with Crippen molar-refractivity contribution in [1.82, 2.24) is 9.55 Å². The predicted octanol–water partition coefficient (Wildman–Crippen LogP) is 7.71. The van der Waals surface area contributed by atoms with E-state index in [1.165, 1.54) is 6.42 Å². The molecule has 35 heavy (non-hydrogen) atoms. The lowest BCUT2D eigenvalue weighted by Gasteiger charge is -2.32. The lowest BCUT2D eigenvalue weighted by molar-refractivity contribution is 0.162. The van der Waals surface area contributed by atoms with Crippen molar-refractivity contribution < 1.29 is 13.5 Å². The van der Waals surface area contributed by atoms with Crippen molar-refractivity contribution in [2.75, 3.05) is 6.61 Å². The molecule has 1 atom stereocenters. The second-order valence-electron chi connectivity index (χ2n) is 8.96. The van der Waals surface area contributed by atoms with Gasteiger partial charge in [-0.1, -0.05) is 43.0 Å². The Morgan fingerprint density at radius 2 is 1.71 bits per heavy atom. The summed E-state index contributed by atoms with van der Waals surface area (Å²) in [6.07, 6.45) is 5.38.